The van der Waals surface area contributed by atoms with Crippen LogP contribution in [0.2, 0.25) is 5.15 Å². The van der Waals surface area contributed by atoms with Crippen LogP contribution in [-0.2, 0) is 0 Å². The smallest absolute Gasteiger partial charge is 0.308 e. The Balaban J connectivity index is 2.04. The summed E-state index contributed by atoms with van der Waals surface area (Å²) < 4.78 is 0.702. The lowest BCUT2D eigenvalue weighted by atomic mass is 10.1. The van der Waals surface area contributed by atoms with E-state index in [1.165, 1.54) is 13.1 Å². The van der Waals surface area contributed by atoms with Crippen LogP contribution in [0.1, 0.15) is 17.3 Å². The fraction of sp³-hybridized carbons (Fsp3) is 0.0714. The van der Waals surface area contributed by atoms with Gasteiger partial charge in [-0.25, -0.2) is 9.78 Å². The lowest BCUT2D eigenvalue weighted by Gasteiger charge is -2.09. The number of ketones is 1. The Morgan fingerprint density at radius 1 is 1.19 bits per heavy atom. The topological polar surface area (TPSA) is 71.1 Å². The molecule has 7 heteroatoms. The maximum Gasteiger partial charge on any atom is 0.323 e. The maximum absolute atomic E-state index is 11.9. The Hall–Kier alpha value is -1.92. The molecule has 108 valence electrons. The Morgan fingerprint density at radius 3 is 2.48 bits per heavy atom. The number of hydrogen-bond donors (Lipinski definition) is 2. The van der Waals surface area contributed by atoms with Crippen LogP contribution in [0, 0.1) is 0 Å². The molecule has 2 amide bonds. The molecule has 0 atom stereocenters. The van der Waals surface area contributed by atoms with Gasteiger partial charge in [-0.15, -0.1) is 0 Å². The van der Waals surface area contributed by atoms with Crippen LogP contribution in [-0.4, -0.2) is 16.8 Å². The molecular formula is C14H11BrClN3O2. The highest BCUT2D eigenvalue weighted by atomic mass is 79.9. The van der Waals surface area contributed by atoms with Crippen molar-refractivity contribution in [2.75, 3.05) is 10.6 Å². The van der Waals surface area contributed by atoms with Crippen molar-refractivity contribution in [2.24, 2.45) is 0 Å². The van der Waals surface area contributed by atoms with Crippen LogP contribution >= 0.6 is 27.5 Å². The van der Waals surface area contributed by atoms with E-state index in [1.54, 1.807) is 30.3 Å². The van der Waals surface area contributed by atoms with Gasteiger partial charge in [0, 0.05) is 21.9 Å². The van der Waals surface area contributed by atoms with Crippen LogP contribution in [0.5, 0.6) is 0 Å². The zero-order valence-corrected chi connectivity index (χ0v) is 13.3. The highest BCUT2D eigenvalue weighted by Crippen LogP contribution is 2.23. The molecule has 0 aliphatic carbocycles. The molecule has 1 heterocycles. The standard InChI is InChI=1S/C14H11BrClN3O2/c1-8(20)9-2-4-11(5-3-9)18-14(21)19-12-6-10(15)7-17-13(12)16/h2-7H,1H3,(H2,18,19,21). The summed E-state index contributed by atoms with van der Waals surface area (Å²) in [7, 11) is 0. The van der Waals surface area contributed by atoms with E-state index in [0.29, 0.717) is 21.4 Å². The van der Waals surface area contributed by atoms with Gasteiger partial charge in [0.15, 0.2) is 10.9 Å². The molecule has 5 nitrogen and oxygen atoms in total. The first kappa shape index (κ1) is 15.5. The molecule has 0 aliphatic rings. The number of nitrogens with one attached hydrogen (secondary N) is 2. The average Bonchev–Trinajstić information content (AvgIpc) is 2.43. The molecule has 0 spiro atoms. The average molecular weight is 369 g/mol. The number of rotatable bonds is 3. The zero-order valence-electron chi connectivity index (χ0n) is 11.0. The number of benzene rings is 1. The second kappa shape index (κ2) is 6.69. The number of carbonyl (C=O) groups excluding carboxylic acids is 2. The minimum Gasteiger partial charge on any atom is -0.308 e. The predicted molar refractivity (Wildman–Crippen MR) is 86.0 cm³/mol. The Morgan fingerprint density at radius 2 is 1.86 bits per heavy atom. The van der Waals surface area contributed by atoms with E-state index in [2.05, 4.69) is 31.5 Å². The molecule has 21 heavy (non-hydrogen) atoms. The number of nitrogens with zero attached hydrogens (tertiary/aromatic N) is 1. The largest absolute Gasteiger partial charge is 0.323 e. The fourth-order valence-electron chi connectivity index (χ4n) is 1.58. The van der Waals surface area contributed by atoms with Crippen molar-refractivity contribution in [3.05, 3.63) is 51.7 Å². The van der Waals surface area contributed by atoms with Gasteiger partial charge in [0.1, 0.15) is 0 Å². The first-order chi connectivity index (χ1) is 9.95. The summed E-state index contributed by atoms with van der Waals surface area (Å²) in [6.45, 7) is 1.48. The first-order valence-electron chi connectivity index (χ1n) is 5.96. The molecule has 0 fully saturated rings. The van der Waals surface area contributed by atoms with Gasteiger partial charge in [-0.1, -0.05) is 11.6 Å². The van der Waals surface area contributed by atoms with Gasteiger partial charge in [0.05, 0.1) is 5.69 Å². The minimum absolute atomic E-state index is 0.0296. The molecule has 1 aromatic carbocycles. The summed E-state index contributed by atoms with van der Waals surface area (Å²) in [4.78, 5) is 26.9. The number of aromatic nitrogens is 1. The highest BCUT2D eigenvalue weighted by molar-refractivity contribution is 9.10. The lowest BCUT2D eigenvalue weighted by Crippen LogP contribution is -2.19. The number of hydrogen-bond acceptors (Lipinski definition) is 3. The van der Waals surface area contributed by atoms with Crippen LogP contribution < -0.4 is 10.6 Å². The third-order valence-corrected chi connectivity index (χ3v) is 3.34. The van der Waals surface area contributed by atoms with Crippen molar-refractivity contribution in [3.63, 3.8) is 0 Å². The molecule has 0 unspecified atom stereocenters. The quantitative estimate of drug-likeness (QED) is 0.625. The van der Waals surface area contributed by atoms with Gasteiger partial charge in [0.25, 0.3) is 0 Å². The van der Waals surface area contributed by atoms with Crippen molar-refractivity contribution in [1.29, 1.82) is 0 Å². The van der Waals surface area contributed by atoms with Crippen molar-refractivity contribution in [2.45, 2.75) is 6.92 Å². The Kier molecular flexibility index (Phi) is 4.93. The summed E-state index contributed by atoms with van der Waals surface area (Å²) in [6, 6.07) is 7.78. The number of pyridine rings is 1. The second-order valence-electron chi connectivity index (χ2n) is 4.20. The summed E-state index contributed by atoms with van der Waals surface area (Å²) in [5, 5.41) is 5.43. The van der Waals surface area contributed by atoms with E-state index in [0.717, 1.165) is 0 Å². The number of halogens is 2. The zero-order chi connectivity index (χ0) is 15.4. The molecule has 0 aliphatic heterocycles. The predicted octanol–water partition coefficient (Wildman–Crippen LogP) is 4.34. The molecule has 1 aromatic heterocycles. The van der Waals surface area contributed by atoms with E-state index in [-0.39, 0.29) is 10.9 Å². The van der Waals surface area contributed by atoms with Crippen molar-refractivity contribution >= 4 is 50.7 Å². The highest BCUT2D eigenvalue weighted by Gasteiger charge is 2.08. The van der Waals surface area contributed by atoms with Crippen molar-refractivity contribution in [1.82, 2.24) is 4.98 Å². The fourth-order valence-corrected chi connectivity index (χ4v) is 2.07. The lowest BCUT2D eigenvalue weighted by molar-refractivity contribution is 0.101. The normalized spacial score (nSPS) is 10.0. The number of Topliss-reactive ketones (excluding diaryl/α,β-unsaturated/α-hetero) is 1. The SMILES string of the molecule is CC(=O)c1ccc(NC(=O)Nc2cc(Br)cnc2Cl)cc1. The molecule has 0 radical (unpaired) electrons. The molecular weight excluding hydrogens is 358 g/mol. The molecule has 0 bridgehead atoms. The molecule has 0 saturated heterocycles. The van der Waals surface area contributed by atoms with E-state index >= 15 is 0 Å². The molecule has 2 N–H and O–H groups in total. The van der Waals surface area contributed by atoms with Crippen LogP contribution in [0.25, 0.3) is 0 Å². The van der Waals surface area contributed by atoms with Gasteiger partial charge >= 0.3 is 6.03 Å². The van der Waals surface area contributed by atoms with E-state index in [1.807, 2.05) is 0 Å². The molecule has 2 rings (SSSR count). The summed E-state index contributed by atoms with van der Waals surface area (Å²) in [5.74, 6) is -0.0296. The van der Waals surface area contributed by atoms with Gasteiger partial charge in [-0.2, -0.15) is 0 Å². The Labute approximate surface area is 134 Å². The van der Waals surface area contributed by atoms with Crippen molar-refractivity contribution in [3.8, 4) is 0 Å². The summed E-state index contributed by atoms with van der Waals surface area (Å²) in [6.07, 6.45) is 1.53. The van der Waals surface area contributed by atoms with Crippen LogP contribution in [0.3, 0.4) is 0 Å². The van der Waals surface area contributed by atoms with Crippen LogP contribution in [0.15, 0.2) is 41.0 Å². The van der Waals surface area contributed by atoms with E-state index in [4.69, 9.17) is 11.6 Å². The third-order valence-electron chi connectivity index (χ3n) is 2.60. The van der Waals surface area contributed by atoms with Gasteiger partial charge in [-0.05, 0) is 53.2 Å². The number of amides is 2. The maximum atomic E-state index is 11.9. The van der Waals surface area contributed by atoms with E-state index < -0.39 is 6.03 Å². The summed E-state index contributed by atoms with van der Waals surface area (Å²) in [5.41, 5.74) is 1.54. The van der Waals surface area contributed by atoms with Crippen LogP contribution in [0.4, 0.5) is 16.2 Å². The molecule has 2 aromatic rings. The van der Waals surface area contributed by atoms with E-state index in [9.17, 15) is 9.59 Å². The number of anilines is 2. The van der Waals surface area contributed by atoms with Gasteiger partial charge in [-0.3, -0.25) is 4.79 Å². The number of carbonyl (C=O) groups is 2. The molecule has 0 saturated carbocycles. The first-order valence-corrected chi connectivity index (χ1v) is 7.13. The van der Waals surface area contributed by atoms with Gasteiger partial charge < -0.3 is 10.6 Å². The second-order valence-corrected chi connectivity index (χ2v) is 5.48. The van der Waals surface area contributed by atoms with Crippen molar-refractivity contribution < 1.29 is 9.59 Å². The summed E-state index contributed by atoms with van der Waals surface area (Å²) >= 11 is 9.14. The number of urea groups is 1. The Bertz CT molecular complexity index is 689. The monoisotopic (exact) mass is 367 g/mol. The minimum atomic E-state index is -0.452. The van der Waals surface area contributed by atoms with Gasteiger partial charge in [0.2, 0.25) is 0 Å². The third kappa shape index (κ3) is 4.27.